The molecular formula is C13H9Cl3IN. The van der Waals surface area contributed by atoms with E-state index >= 15 is 0 Å². The Morgan fingerprint density at radius 3 is 2.33 bits per heavy atom. The van der Waals surface area contributed by atoms with Crippen LogP contribution in [0.3, 0.4) is 0 Å². The van der Waals surface area contributed by atoms with Gasteiger partial charge in [-0.2, -0.15) is 0 Å². The Morgan fingerprint density at radius 1 is 0.944 bits per heavy atom. The number of halogens is 4. The van der Waals surface area contributed by atoms with Crippen LogP contribution in [0, 0.1) is 3.57 Å². The Bertz CT molecular complexity index is 572. The van der Waals surface area contributed by atoms with Crippen LogP contribution >= 0.6 is 57.4 Å². The van der Waals surface area contributed by atoms with Crippen molar-refractivity contribution in [1.29, 1.82) is 0 Å². The highest BCUT2D eigenvalue weighted by atomic mass is 127. The number of rotatable bonds is 3. The highest BCUT2D eigenvalue weighted by Crippen LogP contribution is 2.25. The van der Waals surface area contributed by atoms with Crippen LogP contribution in [-0.2, 0) is 6.54 Å². The number of anilines is 1. The third-order valence-corrected chi connectivity index (χ3v) is 4.14. The molecule has 0 saturated carbocycles. The predicted molar refractivity (Wildman–Crippen MR) is 88.0 cm³/mol. The van der Waals surface area contributed by atoms with E-state index < -0.39 is 0 Å². The van der Waals surface area contributed by atoms with Crippen LogP contribution in [0.25, 0.3) is 0 Å². The van der Waals surface area contributed by atoms with Crippen LogP contribution in [0.2, 0.25) is 15.1 Å². The van der Waals surface area contributed by atoms with Crippen LogP contribution < -0.4 is 5.32 Å². The van der Waals surface area contributed by atoms with Crippen molar-refractivity contribution in [2.24, 2.45) is 0 Å². The Balaban J connectivity index is 2.13. The Hall–Kier alpha value is -0.160. The largest absolute Gasteiger partial charge is 0.380 e. The number of hydrogen-bond acceptors (Lipinski definition) is 1. The highest BCUT2D eigenvalue weighted by Gasteiger charge is 2.04. The smallest absolute Gasteiger partial charge is 0.0479 e. The van der Waals surface area contributed by atoms with Crippen LogP contribution in [0.4, 0.5) is 5.69 Å². The molecule has 0 aliphatic rings. The van der Waals surface area contributed by atoms with Crippen molar-refractivity contribution in [1.82, 2.24) is 0 Å². The number of nitrogens with one attached hydrogen (secondary N) is 1. The van der Waals surface area contributed by atoms with Gasteiger partial charge in [0, 0.05) is 30.9 Å². The van der Waals surface area contributed by atoms with Crippen molar-refractivity contribution in [3.05, 3.63) is 60.6 Å². The minimum atomic E-state index is 0.622. The maximum atomic E-state index is 6.11. The lowest BCUT2D eigenvalue weighted by Gasteiger charge is -2.10. The summed E-state index contributed by atoms with van der Waals surface area (Å²) in [6.45, 7) is 0.622. The second kappa shape index (κ2) is 6.33. The molecular weight excluding hydrogens is 403 g/mol. The normalized spacial score (nSPS) is 10.4. The first-order chi connectivity index (χ1) is 8.56. The van der Waals surface area contributed by atoms with E-state index in [0.717, 1.165) is 19.8 Å². The molecule has 2 aromatic carbocycles. The van der Waals surface area contributed by atoms with Crippen LogP contribution in [0.5, 0.6) is 0 Å². The molecule has 0 fully saturated rings. The summed E-state index contributed by atoms with van der Waals surface area (Å²) in [7, 11) is 0. The average molecular weight is 412 g/mol. The summed E-state index contributed by atoms with van der Waals surface area (Å²) in [5.74, 6) is 0. The van der Waals surface area contributed by atoms with Gasteiger partial charge in [-0.25, -0.2) is 0 Å². The van der Waals surface area contributed by atoms with Crippen molar-refractivity contribution in [3.8, 4) is 0 Å². The van der Waals surface area contributed by atoms with E-state index in [4.69, 9.17) is 34.8 Å². The van der Waals surface area contributed by atoms with Crippen molar-refractivity contribution in [2.45, 2.75) is 6.54 Å². The van der Waals surface area contributed by atoms with E-state index in [1.165, 1.54) is 0 Å². The zero-order valence-electron chi connectivity index (χ0n) is 9.18. The minimum Gasteiger partial charge on any atom is -0.380 e. The molecule has 0 unspecified atom stereocenters. The summed E-state index contributed by atoms with van der Waals surface area (Å²) in [4.78, 5) is 0. The molecule has 0 aromatic heterocycles. The van der Waals surface area contributed by atoms with Crippen molar-refractivity contribution in [2.75, 3.05) is 5.32 Å². The summed E-state index contributed by atoms with van der Waals surface area (Å²) in [5.41, 5.74) is 1.99. The van der Waals surface area contributed by atoms with Gasteiger partial charge in [-0.1, -0.05) is 34.8 Å². The molecule has 0 amide bonds. The molecule has 0 bridgehead atoms. The number of hydrogen-bond donors (Lipinski definition) is 1. The van der Waals surface area contributed by atoms with Gasteiger partial charge in [0.2, 0.25) is 0 Å². The van der Waals surface area contributed by atoms with Crippen molar-refractivity contribution in [3.63, 3.8) is 0 Å². The Kier molecular flexibility index (Phi) is 5.01. The maximum absolute atomic E-state index is 6.11. The first kappa shape index (κ1) is 14.3. The molecule has 0 heterocycles. The third kappa shape index (κ3) is 3.67. The summed E-state index contributed by atoms with van der Waals surface area (Å²) in [5, 5.41) is 5.43. The van der Waals surface area contributed by atoms with Gasteiger partial charge in [0.1, 0.15) is 0 Å². The molecule has 0 atom stereocenters. The summed E-state index contributed by atoms with van der Waals surface area (Å²) in [6, 6.07) is 11.1. The van der Waals surface area contributed by atoms with Gasteiger partial charge >= 0.3 is 0 Å². The van der Waals surface area contributed by atoms with Crippen LogP contribution in [0.15, 0.2) is 36.4 Å². The quantitative estimate of drug-likeness (QED) is 0.623. The summed E-state index contributed by atoms with van der Waals surface area (Å²) < 4.78 is 1.07. The van der Waals surface area contributed by atoms with Gasteiger partial charge in [0.25, 0.3) is 0 Å². The zero-order chi connectivity index (χ0) is 13.1. The SMILES string of the molecule is Clc1ccc(NCc2cc(Cl)ccc2Cl)c(I)c1. The van der Waals surface area contributed by atoms with Gasteiger partial charge in [-0.05, 0) is 64.6 Å². The Labute approximate surface area is 135 Å². The van der Waals surface area contributed by atoms with E-state index in [-0.39, 0.29) is 0 Å². The lowest BCUT2D eigenvalue weighted by Crippen LogP contribution is -2.01. The van der Waals surface area contributed by atoms with Crippen molar-refractivity contribution >= 4 is 63.1 Å². The van der Waals surface area contributed by atoms with E-state index in [0.29, 0.717) is 16.6 Å². The lowest BCUT2D eigenvalue weighted by molar-refractivity contribution is 1.15. The zero-order valence-corrected chi connectivity index (χ0v) is 13.6. The number of benzene rings is 2. The Morgan fingerprint density at radius 2 is 1.61 bits per heavy atom. The molecule has 18 heavy (non-hydrogen) atoms. The van der Waals surface area contributed by atoms with E-state index in [2.05, 4.69) is 27.9 Å². The molecule has 0 aliphatic heterocycles. The van der Waals surface area contributed by atoms with Gasteiger partial charge in [-0.3, -0.25) is 0 Å². The molecule has 2 rings (SSSR count). The highest BCUT2D eigenvalue weighted by molar-refractivity contribution is 14.1. The van der Waals surface area contributed by atoms with E-state index in [1.54, 1.807) is 12.1 Å². The second-order valence-electron chi connectivity index (χ2n) is 3.71. The molecule has 5 heteroatoms. The molecule has 1 nitrogen and oxygen atoms in total. The summed E-state index contributed by atoms with van der Waals surface area (Å²) in [6.07, 6.45) is 0. The van der Waals surface area contributed by atoms with E-state index in [9.17, 15) is 0 Å². The monoisotopic (exact) mass is 411 g/mol. The first-order valence-electron chi connectivity index (χ1n) is 5.19. The topological polar surface area (TPSA) is 12.0 Å². The standard InChI is InChI=1S/C13H9Cl3IN/c14-9-1-3-11(16)8(5-9)7-18-13-4-2-10(15)6-12(13)17/h1-6,18H,7H2. The second-order valence-corrected chi connectivity index (χ2v) is 6.16. The lowest BCUT2D eigenvalue weighted by atomic mass is 10.2. The average Bonchev–Trinajstić information content (AvgIpc) is 2.32. The predicted octanol–water partition coefficient (Wildman–Crippen LogP) is 5.86. The maximum Gasteiger partial charge on any atom is 0.0479 e. The molecule has 0 spiro atoms. The fourth-order valence-electron chi connectivity index (χ4n) is 1.50. The van der Waals surface area contributed by atoms with Crippen LogP contribution in [-0.4, -0.2) is 0 Å². The first-order valence-corrected chi connectivity index (χ1v) is 7.40. The summed E-state index contributed by atoms with van der Waals surface area (Å²) >= 11 is 20.2. The molecule has 0 saturated heterocycles. The fraction of sp³-hybridized carbons (Fsp3) is 0.0769. The van der Waals surface area contributed by atoms with Gasteiger partial charge in [0.05, 0.1) is 0 Å². The molecule has 1 N–H and O–H groups in total. The van der Waals surface area contributed by atoms with E-state index in [1.807, 2.05) is 24.3 Å². The molecule has 2 aromatic rings. The van der Waals surface area contributed by atoms with Gasteiger partial charge < -0.3 is 5.32 Å². The third-order valence-electron chi connectivity index (χ3n) is 2.41. The minimum absolute atomic E-state index is 0.622. The van der Waals surface area contributed by atoms with Gasteiger partial charge in [0.15, 0.2) is 0 Å². The van der Waals surface area contributed by atoms with Crippen molar-refractivity contribution < 1.29 is 0 Å². The van der Waals surface area contributed by atoms with Crippen LogP contribution in [0.1, 0.15) is 5.56 Å². The molecule has 94 valence electrons. The van der Waals surface area contributed by atoms with Gasteiger partial charge in [-0.15, -0.1) is 0 Å². The molecule has 0 radical (unpaired) electrons. The fourth-order valence-corrected chi connectivity index (χ4v) is 2.94. The molecule has 0 aliphatic carbocycles.